The smallest absolute Gasteiger partial charge is 0.348 e. The standard InChI is InChI=1S/C16H17ClN2O5S2/c1-10-4-7-13(25-10)16(21)24-9-15(20)18-11-5-6-12(17)14(8-11)26(22,23)19(2)3/h4-8H,9H2,1-3H3,(H,18,20). The Morgan fingerprint density at radius 1 is 1.23 bits per heavy atom. The van der Waals surface area contributed by atoms with Gasteiger partial charge >= 0.3 is 5.97 Å². The van der Waals surface area contributed by atoms with Crippen LogP contribution in [0, 0.1) is 6.92 Å². The number of hydrogen-bond acceptors (Lipinski definition) is 6. The fourth-order valence-electron chi connectivity index (χ4n) is 1.92. The number of sulfonamides is 1. The van der Waals surface area contributed by atoms with Gasteiger partial charge in [0.25, 0.3) is 5.91 Å². The number of thiophene rings is 1. The van der Waals surface area contributed by atoms with E-state index in [0.717, 1.165) is 9.18 Å². The molecule has 1 amide bonds. The lowest BCUT2D eigenvalue weighted by Gasteiger charge is -2.14. The molecule has 0 aliphatic carbocycles. The van der Waals surface area contributed by atoms with E-state index in [0.29, 0.717) is 4.88 Å². The van der Waals surface area contributed by atoms with Crippen LogP contribution in [0.2, 0.25) is 5.02 Å². The molecule has 0 saturated heterocycles. The number of hydrogen-bond donors (Lipinski definition) is 1. The number of esters is 1. The zero-order chi connectivity index (χ0) is 19.5. The van der Waals surface area contributed by atoms with Crippen molar-refractivity contribution in [3.05, 3.63) is 45.1 Å². The van der Waals surface area contributed by atoms with Crippen LogP contribution >= 0.6 is 22.9 Å². The Labute approximate surface area is 160 Å². The van der Waals surface area contributed by atoms with Crippen molar-refractivity contribution in [3.8, 4) is 0 Å². The van der Waals surface area contributed by atoms with Gasteiger partial charge in [-0.3, -0.25) is 4.79 Å². The molecule has 2 rings (SSSR count). The van der Waals surface area contributed by atoms with Gasteiger partial charge in [0, 0.05) is 24.7 Å². The lowest BCUT2D eigenvalue weighted by molar-refractivity contribution is -0.119. The van der Waals surface area contributed by atoms with Gasteiger partial charge in [0.05, 0.1) is 5.02 Å². The van der Waals surface area contributed by atoms with E-state index in [1.165, 1.54) is 43.6 Å². The van der Waals surface area contributed by atoms with Crippen molar-refractivity contribution >= 4 is 50.5 Å². The van der Waals surface area contributed by atoms with Crippen LogP contribution in [0.3, 0.4) is 0 Å². The molecule has 1 aromatic carbocycles. The van der Waals surface area contributed by atoms with Crippen molar-refractivity contribution < 1.29 is 22.7 Å². The SMILES string of the molecule is Cc1ccc(C(=O)OCC(=O)Nc2ccc(Cl)c(S(=O)(=O)N(C)C)c2)s1. The third-order valence-electron chi connectivity index (χ3n) is 3.25. The van der Waals surface area contributed by atoms with Crippen LogP contribution in [0.15, 0.2) is 35.2 Å². The zero-order valence-electron chi connectivity index (χ0n) is 14.3. The second kappa shape index (κ2) is 8.17. The van der Waals surface area contributed by atoms with Gasteiger partial charge in [-0.1, -0.05) is 11.6 Å². The molecule has 2 aromatic rings. The highest BCUT2D eigenvalue weighted by atomic mass is 35.5. The van der Waals surface area contributed by atoms with Crippen molar-refractivity contribution in [1.82, 2.24) is 4.31 Å². The van der Waals surface area contributed by atoms with Crippen LogP contribution in [0.4, 0.5) is 5.69 Å². The van der Waals surface area contributed by atoms with E-state index < -0.39 is 28.5 Å². The molecule has 0 unspecified atom stereocenters. The second-order valence-corrected chi connectivity index (χ2v) is 9.28. The maximum absolute atomic E-state index is 12.2. The molecule has 0 bridgehead atoms. The summed E-state index contributed by atoms with van der Waals surface area (Å²) in [6, 6.07) is 7.48. The molecule has 1 aromatic heterocycles. The number of rotatable bonds is 6. The first-order chi connectivity index (χ1) is 12.1. The third kappa shape index (κ3) is 4.82. The Bertz CT molecular complexity index is 938. The van der Waals surface area contributed by atoms with E-state index in [1.54, 1.807) is 12.1 Å². The van der Waals surface area contributed by atoms with Gasteiger partial charge in [-0.25, -0.2) is 17.5 Å². The number of nitrogens with one attached hydrogen (secondary N) is 1. The van der Waals surface area contributed by atoms with Crippen molar-refractivity contribution in [3.63, 3.8) is 0 Å². The Morgan fingerprint density at radius 2 is 1.92 bits per heavy atom. The molecule has 0 fully saturated rings. The lowest BCUT2D eigenvalue weighted by Crippen LogP contribution is -2.23. The average Bonchev–Trinajstić information content (AvgIpc) is 3.00. The highest BCUT2D eigenvalue weighted by Crippen LogP contribution is 2.26. The Balaban J connectivity index is 2.04. The minimum Gasteiger partial charge on any atom is -0.451 e. The normalized spacial score (nSPS) is 11.4. The summed E-state index contributed by atoms with van der Waals surface area (Å²) in [5, 5.41) is 2.52. The van der Waals surface area contributed by atoms with Crippen molar-refractivity contribution in [2.24, 2.45) is 0 Å². The van der Waals surface area contributed by atoms with Gasteiger partial charge in [0.15, 0.2) is 6.61 Å². The highest BCUT2D eigenvalue weighted by molar-refractivity contribution is 7.89. The topological polar surface area (TPSA) is 92.8 Å². The lowest BCUT2D eigenvalue weighted by atomic mass is 10.3. The Morgan fingerprint density at radius 3 is 2.50 bits per heavy atom. The summed E-state index contributed by atoms with van der Waals surface area (Å²) in [4.78, 5) is 25.0. The molecule has 0 radical (unpaired) electrons. The Hall–Kier alpha value is -1.94. The van der Waals surface area contributed by atoms with Gasteiger partial charge in [-0.2, -0.15) is 0 Å². The van der Waals surface area contributed by atoms with E-state index >= 15 is 0 Å². The average molecular weight is 417 g/mol. The summed E-state index contributed by atoms with van der Waals surface area (Å²) in [6.45, 7) is 1.36. The minimum atomic E-state index is -3.76. The summed E-state index contributed by atoms with van der Waals surface area (Å²) in [7, 11) is -1.00. The van der Waals surface area contributed by atoms with Gasteiger partial charge in [0.2, 0.25) is 10.0 Å². The predicted octanol–water partition coefficient (Wildman–Crippen LogP) is 2.76. The van der Waals surface area contributed by atoms with Crippen LogP contribution < -0.4 is 5.32 Å². The van der Waals surface area contributed by atoms with Crippen LogP contribution in [-0.4, -0.2) is 45.3 Å². The van der Waals surface area contributed by atoms with Crippen molar-refractivity contribution in [1.29, 1.82) is 0 Å². The van der Waals surface area contributed by atoms with E-state index in [1.807, 2.05) is 6.92 Å². The third-order valence-corrected chi connectivity index (χ3v) is 6.53. The van der Waals surface area contributed by atoms with Gasteiger partial charge in [-0.15, -0.1) is 11.3 Å². The number of carbonyl (C=O) groups excluding carboxylic acids is 2. The van der Waals surface area contributed by atoms with Crippen LogP contribution in [0.25, 0.3) is 0 Å². The molecular weight excluding hydrogens is 400 g/mol. The number of amides is 1. The molecule has 0 atom stereocenters. The summed E-state index contributed by atoms with van der Waals surface area (Å²) in [5.74, 6) is -1.19. The number of anilines is 1. The van der Waals surface area contributed by atoms with Crippen LogP contribution in [0.5, 0.6) is 0 Å². The van der Waals surface area contributed by atoms with Crippen molar-refractivity contribution in [2.75, 3.05) is 26.0 Å². The predicted molar refractivity (Wildman–Crippen MR) is 100 cm³/mol. The molecule has 0 saturated carbocycles. The first-order valence-electron chi connectivity index (χ1n) is 7.37. The minimum absolute atomic E-state index is 0.0381. The fraction of sp³-hybridized carbons (Fsp3) is 0.250. The summed E-state index contributed by atoms with van der Waals surface area (Å²) >= 11 is 7.22. The van der Waals surface area contributed by atoms with Crippen molar-refractivity contribution in [2.45, 2.75) is 11.8 Å². The molecular formula is C16H17ClN2O5S2. The van der Waals surface area contributed by atoms with E-state index in [4.69, 9.17) is 16.3 Å². The summed E-state index contributed by atoms with van der Waals surface area (Å²) < 4.78 is 30.4. The number of nitrogens with zero attached hydrogens (tertiary/aromatic N) is 1. The quantitative estimate of drug-likeness (QED) is 0.731. The first-order valence-corrected chi connectivity index (χ1v) is 10.00. The highest BCUT2D eigenvalue weighted by Gasteiger charge is 2.21. The molecule has 10 heteroatoms. The monoisotopic (exact) mass is 416 g/mol. The molecule has 140 valence electrons. The fourth-order valence-corrected chi connectivity index (χ4v) is 4.07. The number of benzene rings is 1. The second-order valence-electron chi connectivity index (χ2n) is 5.47. The summed E-state index contributed by atoms with van der Waals surface area (Å²) in [5.41, 5.74) is 0.225. The number of halogens is 1. The summed E-state index contributed by atoms with van der Waals surface area (Å²) in [6.07, 6.45) is 0. The molecule has 1 N–H and O–H groups in total. The van der Waals surface area contributed by atoms with Gasteiger partial charge in [-0.05, 0) is 37.3 Å². The van der Waals surface area contributed by atoms with Crippen LogP contribution in [-0.2, 0) is 19.6 Å². The first kappa shape index (κ1) is 20.4. The molecule has 1 heterocycles. The number of aryl methyl sites for hydroxylation is 1. The van der Waals surface area contributed by atoms with Gasteiger partial charge < -0.3 is 10.1 Å². The zero-order valence-corrected chi connectivity index (χ0v) is 16.7. The Kier molecular flexibility index (Phi) is 6.40. The molecule has 0 spiro atoms. The number of carbonyl (C=O) groups is 2. The molecule has 0 aliphatic heterocycles. The van der Waals surface area contributed by atoms with Gasteiger partial charge in [0.1, 0.15) is 9.77 Å². The molecule has 7 nitrogen and oxygen atoms in total. The largest absolute Gasteiger partial charge is 0.451 e. The van der Waals surface area contributed by atoms with Crippen LogP contribution in [0.1, 0.15) is 14.5 Å². The van der Waals surface area contributed by atoms with E-state index in [9.17, 15) is 18.0 Å². The van der Waals surface area contributed by atoms with E-state index in [2.05, 4.69) is 5.32 Å². The van der Waals surface area contributed by atoms with E-state index in [-0.39, 0.29) is 15.6 Å². The maximum Gasteiger partial charge on any atom is 0.348 e. The molecule has 26 heavy (non-hydrogen) atoms. The maximum atomic E-state index is 12.2. The number of ether oxygens (including phenoxy) is 1. The molecule has 0 aliphatic rings.